The summed E-state index contributed by atoms with van der Waals surface area (Å²) >= 11 is 7.02. The van der Waals surface area contributed by atoms with Crippen LogP contribution in [-0.4, -0.2) is 30.9 Å². The van der Waals surface area contributed by atoms with Gasteiger partial charge in [0.05, 0.1) is 10.3 Å². The summed E-state index contributed by atoms with van der Waals surface area (Å²) in [5.41, 5.74) is 1.29. The number of nitrogens with zero attached hydrogens (tertiary/aromatic N) is 4. The summed E-state index contributed by atoms with van der Waals surface area (Å²) in [6.07, 6.45) is 5.10. The molecule has 3 aromatic rings. The summed E-state index contributed by atoms with van der Waals surface area (Å²) in [6.45, 7) is 6.03. The molecule has 144 valence electrons. The van der Waals surface area contributed by atoms with Gasteiger partial charge in [-0.1, -0.05) is 29.4 Å². The lowest BCUT2D eigenvalue weighted by molar-refractivity contribution is -0.115. The van der Waals surface area contributed by atoms with Crippen LogP contribution in [0.15, 0.2) is 60.5 Å². The smallest absolute Gasteiger partial charge is 0.237 e. The van der Waals surface area contributed by atoms with Crippen LogP contribution in [0.25, 0.3) is 11.4 Å². The number of benzene rings is 1. The molecule has 0 aliphatic carbocycles. The van der Waals surface area contributed by atoms with Gasteiger partial charge in [-0.25, -0.2) is 4.39 Å². The fourth-order valence-electron chi connectivity index (χ4n) is 2.41. The Morgan fingerprint density at radius 1 is 1.36 bits per heavy atom. The van der Waals surface area contributed by atoms with Crippen LogP contribution in [-0.2, 0) is 11.3 Å². The van der Waals surface area contributed by atoms with E-state index < -0.39 is 11.1 Å². The minimum absolute atomic E-state index is 0.0502. The number of carbonyl (C=O) groups is 1. The van der Waals surface area contributed by atoms with Crippen LogP contribution < -0.4 is 5.32 Å². The molecule has 2 heterocycles. The average Bonchev–Trinajstić information content (AvgIpc) is 3.08. The first kappa shape index (κ1) is 20.0. The number of hydrogen-bond acceptors (Lipinski definition) is 5. The predicted octanol–water partition coefficient (Wildman–Crippen LogP) is 4.44. The number of thioether (sulfide) groups is 1. The molecule has 1 atom stereocenters. The molecule has 1 unspecified atom stereocenters. The van der Waals surface area contributed by atoms with Gasteiger partial charge in [0.2, 0.25) is 5.91 Å². The molecule has 0 bridgehead atoms. The SMILES string of the molecule is C=CCn1c(SC(C)C(=O)Nc2ccc(F)c(Cl)c2)nnc1-c1ccncc1. The van der Waals surface area contributed by atoms with Crippen LogP contribution in [0.1, 0.15) is 6.92 Å². The maximum absolute atomic E-state index is 13.3. The Morgan fingerprint density at radius 3 is 2.79 bits per heavy atom. The second-order valence-corrected chi connectivity index (χ2v) is 7.53. The lowest BCUT2D eigenvalue weighted by atomic mass is 10.2. The minimum atomic E-state index is -0.539. The molecule has 0 aliphatic rings. The summed E-state index contributed by atoms with van der Waals surface area (Å²) in [5.74, 6) is -0.128. The zero-order valence-electron chi connectivity index (χ0n) is 15.0. The zero-order chi connectivity index (χ0) is 20.1. The van der Waals surface area contributed by atoms with Crippen molar-refractivity contribution in [2.45, 2.75) is 23.9 Å². The topological polar surface area (TPSA) is 72.7 Å². The Kier molecular flexibility index (Phi) is 6.43. The molecule has 0 fully saturated rings. The Balaban J connectivity index is 1.76. The molecule has 0 radical (unpaired) electrons. The van der Waals surface area contributed by atoms with Crippen LogP contribution in [0.2, 0.25) is 5.02 Å². The van der Waals surface area contributed by atoms with E-state index in [1.54, 1.807) is 25.4 Å². The van der Waals surface area contributed by atoms with E-state index >= 15 is 0 Å². The van der Waals surface area contributed by atoms with Crippen molar-refractivity contribution in [1.29, 1.82) is 0 Å². The molecule has 0 spiro atoms. The summed E-state index contributed by atoms with van der Waals surface area (Å²) in [7, 11) is 0. The number of halogens is 2. The van der Waals surface area contributed by atoms with E-state index in [9.17, 15) is 9.18 Å². The maximum atomic E-state index is 13.3. The summed E-state index contributed by atoms with van der Waals surface area (Å²) in [4.78, 5) is 16.5. The van der Waals surface area contributed by atoms with E-state index in [0.29, 0.717) is 23.2 Å². The third-order valence-electron chi connectivity index (χ3n) is 3.81. The van der Waals surface area contributed by atoms with Gasteiger partial charge in [0, 0.05) is 30.2 Å². The molecule has 9 heteroatoms. The molecule has 1 aromatic carbocycles. The van der Waals surface area contributed by atoms with Crippen molar-refractivity contribution in [1.82, 2.24) is 19.7 Å². The van der Waals surface area contributed by atoms with Gasteiger partial charge in [-0.15, -0.1) is 16.8 Å². The van der Waals surface area contributed by atoms with Gasteiger partial charge in [0.1, 0.15) is 5.82 Å². The largest absolute Gasteiger partial charge is 0.325 e. The van der Waals surface area contributed by atoms with Crippen LogP contribution in [0.3, 0.4) is 0 Å². The summed E-state index contributed by atoms with van der Waals surface area (Å²) in [5, 5.41) is 11.3. The van der Waals surface area contributed by atoms with Crippen LogP contribution in [0.5, 0.6) is 0 Å². The quantitative estimate of drug-likeness (QED) is 0.454. The minimum Gasteiger partial charge on any atom is -0.325 e. The summed E-state index contributed by atoms with van der Waals surface area (Å²) in [6, 6.07) is 7.71. The highest BCUT2D eigenvalue weighted by molar-refractivity contribution is 8.00. The van der Waals surface area contributed by atoms with Crippen molar-refractivity contribution in [3.8, 4) is 11.4 Å². The van der Waals surface area contributed by atoms with Crippen molar-refractivity contribution in [3.63, 3.8) is 0 Å². The van der Waals surface area contributed by atoms with Gasteiger partial charge in [-0.3, -0.25) is 14.3 Å². The molecular weight excluding hydrogens is 401 g/mol. The molecule has 6 nitrogen and oxygen atoms in total. The second kappa shape index (κ2) is 8.99. The van der Waals surface area contributed by atoms with Gasteiger partial charge in [0.15, 0.2) is 11.0 Å². The van der Waals surface area contributed by atoms with Crippen LogP contribution in [0.4, 0.5) is 10.1 Å². The van der Waals surface area contributed by atoms with Crippen LogP contribution in [0, 0.1) is 5.82 Å². The number of allylic oxidation sites excluding steroid dienone is 1. The Morgan fingerprint density at radius 2 is 2.11 bits per heavy atom. The normalized spacial score (nSPS) is 11.8. The first-order chi connectivity index (χ1) is 13.5. The number of pyridine rings is 1. The molecule has 0 saturated carbocycles. The second-order valence-electron chi connectivity index (χ2n) is 5.82. The lowest BCUT2D eigenvalue weighted by Crippen LogP contribution is -2.23. The standard InChI is InChI=1S/C19H17ClFN5OS/c1-3-10-26-17(13-6-8-22-9-7-13)24-25-19(26)28-12(2)18(27)23-14-4-5-16(21)15(20)11-14/h3-9,11-12H,1,10H2,2H3,(H,23,27). The molecular formula is C19H17ClFN5OS. The third-order valence-corrected chi connectivity index (χ3v) is 5.18. The Labute approximate surface area is 170 Å². The highest BCUT2D eigenvalue weighted by Crippen LogP contribution is 2.27. The molecule has 0 saturated heterocycles. The maximum Gasteiger partial charge on any atom is 0.237 e. The van der Waals surface area contributed by atoms with Crippen molar-refractivity contribution in [2.24, 2.45) is 0 Å². The monoisotopic (exact) mass is 417 g/mol. The van der Waals surface area contributed by atoms with E-state index in [1.807, 2.05) is 16.7 Å². The Hall–Kier alpha value is -2.71. The van der Waals surface area contributed by atoms with Crippen molar-refractivity contribution >= 4 is 35.0 Å². The van der Waals surface area contributed by atoms with Crippen molar-refractivity contribution in [2.75, 3.05) is 5.32 Å². The van der Waals surface area contributed by atoms with Gasteiger partial charge in [0.25, 0.3) is 0 Å². The molecule has 1 amide bonds. The van der Waals surface area contributed by atoms with Gasteiger partial charge >= 0.3 is 0 Å². The number of hydrogen-bond donors (Lipinski definition) is 1. The molecule has 1 N–H and O–H groups in total. The number of anilines is 1. The molecule has 0 aliphatic heterocycles. The third kappa shape index (κ3) is 4.58. The predicted molar refractivity (Wildman–Crippen MR) is 109 cm³/mol. The fraction of sp³-hybridized carbons (Fsp3) is 0.158. The van der Waals surface area contributed by atoms with Crippen molar-refractivity contribution in [3.05, 3.63) is 66.2 Å². The zero-order valence-corrected chi connectivity index (χ0v) is 16.5. The number of rotatable bonds is 7. The number of nitrogens with one attached hydrogen (secondary N) is 1. The fourth-order valence-corrected chi connectivity index (χ4v) is 3.45. The van der Waals surface area contributed by atoms with Crippen molar-refractivity contribution < 1.29 is 9.18 Å². The van der Waals surface area contributed by atoms with E-state index in [4.69, 9.17) is 11.6 Å². The molecule has 3 rings (SSSR count). The number of amides is 1. The van der Waals surface area contributed by atoms with E-state index in [2.05, 4.69) is 27.1 Å². The van der Waals surface area contributed by atoms with Crippen LogP contribution >= 0.6 is 23.4 Å². The van der Waals surface area contributed by atoms with E-state index in [-0.39, 0.29) is 10.9 Å². The first-order valence-electron chi connectivity index (χ1n) is 8.36. The van der Waals surface area contributed by atoms with E-state index in [0.717, 1.165) is 5.56 Å². The Bertz CT molecular complexity index is 995. The first-order valence-corrected chi connectivity index (χ1v) is 9.62. The van der Waals surface area contributed by atoms with Gasteiger partial charge < -0.3 is 5.32 Å². The van der Waals surface area contributed by atoms with E-state index in [1.165, 1.54) is 30.0 Å². The number of carbonyl (C=O) groups excluding carboxylic acids is 1. The average molecular weight is 418 g/mol. The summed E-state index contributed by atoms with van der Waals surface area (Å²) < 4.78 is 15.1. The molecule has 2 aromatic heterocycles. The lowest BCUT2D eigenvalue weighted by Gasteiger charge is -2.13. The highest BCUT2D eigenvalue weighted by Gasteiger charge is 2.21. The number of aromatic nitrogens is 4. The van der Waals surface area contributed by atoms with Gasteiger partial charge in [-0.2, -0.15) is 0 Å². The van der Waals surface area contributed by atoms with Gasteiger partial charge in [-0.05, 0) is 37.3 Å². The highest BCUT2D eigenvalue weighted by atomic mass is 35.5. The molecule has 28 heavy (non-hydrogen) atoms.